The highest BCUT2D eigenvalue weighted by Gasteiger charge is 2.32. The maximum atomic E-state index is 11.2. The molecule has 1 heterocycles. The lowest BCUT2D eigenvalue weighted by atomic mass is 10.1. The molecule has 0 aliphatic heterocycles. The van der Waals surface area contributed by atoms with E-state index in [9.17, 15) is 9.90 Å². The Morgan fingerprint density at radius 1 is 1.69 bits per heavy atom. The summed E-state index contributed by atoms with van der Waals surface area (Å²) in [6.45, 7) is 3.77. The number of aromatic nitrogens is 2. The van der Waals surface area contributed by atoms with Crippen LogP contribution in [0.25, 0.3) is 0 Å². The molecule has 0 amide bonds. The molecule has 2 atom stereocenters. The predicted molar refractivity (Wildman–Crippen MR) is 59.3 cm³/mol. The van der Waals surface area contributed by atoms with Crippen LogP contribution in [0.5, 0.6) is 0 Å². The molecule has 1 fully saturated rings. The number of carbonyl (C=O) groups is 1. The molecule has 0 aromatic carbocycles. The summed E-state index contributed by atoms with van der Waals surface area (Å²) < 4.78 is 1.71. The van der Waals surface area contributed by atoms with Crippen LogP contribution in [0.15, 0.2) is 12.3 Å². The topological polar surface area (TPSA) is 67.2 Å². The van der Waals surface area contributed by atoms with E-state index in [4.69, 9.17) is 0 Å². The molecule has 0 radical (unpaired) electrons. The van der Waals surface area contributed by atoms with Crippen LogP contribution in [-0.2, 0) is 4.79 Å². The Labute approximate surface area is 94.5 Å². The smallest absolute Gasteiger partial charge is 0.322 e. The summed E-state index contributed by atoms with van der Waals surface area (Å²) in [5.74, 6) is -0.812. The Morgan fingerprint density at radius 2 is 2.38 bits per heavy atom. The SMILES string of the molecule is Cc1ccn(C(C)C(NC2CC2)C(=O)O)n1. The number of carboxylic acid groups (broad SMARTS) is 1. The highest BCUT2D eigenvalue weighted by molar-refractivity contribution is 5.74. The van der Waals surface area contributed by atoms with Crippen molar-refractivity contribution in [2.24, 2.45) is 0 Å². The summed E-state index contributed by atoms with van der Waals surface area (Å²) in [4.78, 5) is 11.2. The Kier molecular flexibility index (Phi) is 2.96. The molecule has 1 aromatic heterocycles. The summed E-state index contributed by atoms with van der Waals surface area (Å²) in [6.07, 6.45) is 3.98. The molecule has 1 saturated carbocycles. The fourth-order valence-electron chi connectivity index (χ4n) is 1.73. The van der Waals surface area contributed by atoms with Gasteiger partial charge in [0.2, 0.25) is 0 Å². The van der Waals surface area contributed by atoms with Crippen molar-refractivity contribution in [3.8, 4) is 0 Å². The van der Waals surface area contributed by atoms with Gasteiger partial charge >= 0.3 is 5.97 Å². The number of nitrogens with zero attached hydrogens (tertiary/aromatic N) is 2. The number of nitrogens with one attached hydrogen (secondary N) is 1. The van der Waals surface area contributed by atoms with Crippen molar-refractivity contribution in [2.75, 3.05) is 0 Å². The minimum Gasteiger partial charge on any atom is -0.480 e. The number of rotatable bonds is 5. The second kappa shape index (κ2) is 4.25. The van der Waals surface area contributed by atoms with Gasteiger partial charge in [-0.15, -0.1) is 0 Å². The van der Waals surface area contributed by atoms with Crippen LogP contribution < -0.4 is 5.32 Å². The summed E-state index contributed by atoms with van der Waals surface area (Å²) in [5.41, 5.74) is 0.905. The van der Waals surface area contributed by atoms with Gasteiger partial charge in [0.25, 0.3) is 0 Å². The van der Waals surface area contributed by atoms with Crippen molar-refractivity contribution >= 4 is 5.97 Å². The van der Waals surface area contributed by atoms with Crippen LogP contribution in [0.4, 0.5) is 0 Å². The van der Waals surface area contributed by atoms with Crippen molar-refractivity contribution in [1.29, 1.82) is 0 Å². The maximum Gasteiger partial charge on any atom is 0.322 e. The van der Waals surface area contributed by atoms with Gasteiger partial charge in [-0.25, -0.2) is 0 Å². The van der Waals surface area contributed by atoms with Crippen molar-refractivity contribution < 1.29 is 9.90 Å². The van der Waals surface area contributed by atoms with Crippen LogP contribution in [-0.4, -0.2) is 32.9 Å². The van der Waals surface area contributed by atoms with Crippen molar-refractivity contribution in [2.45, 2.75) is 44.8 Å². The monoisotopic (exact) mass is 223 g/mol. The molecule has 1 aliphatic rings. The molecular formula is C11H17N3O2. The lowest BCUT2D eigenvalue weighted by Gasteiger charge is -2.21. The Bertz CT molecular complexity index is 384. The van der Waals surface area contributed by atoms with E-state index >= 15 is 0 Å². The third-order valence-corrected chi connectivity index (χ3v) is 2.90. The lowest BCUT2D eigenvalue weighted by Crippen LogP contribution is -2.44. The molecule has 5 heteroatoms. The number of hydrogen-bond donors (Lipinski definition) is 2. The van der Waals surface area contributed by atoms with Crippen LogP contribution in [0, 0.1) is 6.92 Å². The number of aryl methyl sites for hydroxylation is 1. The van der Waals surface area contributed by atoms with Gasteiger partial charge in [0.15, 0.2) is 0 Å². The predicted octanol–water partition coefficient (Wildman–Crippen LogP) is 0.958. The average Bonchev–Trinajstić information content (AvgIpc) is 2.95. The third-order valence-electron chi connectivity index (χ3n) is 2.90. The molecule has 0 bridgehead atoms. The highest BCUT2D eigenvalue weighted by atomic mass is 16.4. The van der Waals surface area contributed by atoms with Gasteiger partial charge in [0, 0.05) is 12.2 Å². The van der Waals surface area contributed by atoms with E-state index in [-0.39, 0.29) is 6.04 Å². The van der Waals surface area contributed by atoms with Gasteiger partial charge in [0.1, 0.15) is 6.04 Å². The van der Waals surface area contributed by atoms with E-state index in [1.54, 1.807) is 4.68 Å². The molecule has 1 aromatic rings. The van der Waals surface area contributed by atoms with Crippen LogP contribution in [0.2, 0.25) is 0 Å². The van der Waals surface area contributed by atoms with Gasteiger partial charge < -0.3 is 5.11 Å². The molecule has 2 unspecified atom stereocenters. The summed E-state index contributed by atoms with van der Waals surface area (Å²) in [7, 11) is 0. The second-order valence-corrected chi connectivity index (χ2v) is 4.43. The lowest BCUT2D eigenvalue weighted by molar-refractivity contribution is -0.140. The largest absolute Gasteiger partial charge is 0.480 e. The molecule has 2 rings (SSSR count). The quantitative estimate of drug-likeness (QED) is 0.780. The third kappa shape index (κ3) is 2.41. The van der Waals surface area contributed by atoms with E-state index < -0.39 is 12.0 Å². The van der Waals surface area contributed by atoms with E-state index in [1.165, 1.54) is 0 Å². The normalized spacial score (nSPS) is 19.4. The molecule has 0 spiro atoms. The Hall–Kier alpha value is -1.36. The van der Waals surface area contributed by atoms with E-state index in [0.29, 0.717) is 6.04 Å². The van der Waals surface area contributed by atoms with Crippen LogP contribution in [0.1, 0.15) is 31.5 Å². The Morgan fingerprint density at radius 3 is 2.81 bits per heavy atom. The molecule has 88 valence electrons. The maximum absolute atomic E-state index is 11.2. The van der Waals surface area contributed by atoms with Gasteiger partial charge in [-0.2, -0.15) is 5.10 Å². The highest BCUT2D eigenvalue weighted by Crippen LogP contribution is 2.22. The fourth-order valence-corrected chi connectivity index (χ4v) is 1.73. The molecule has 5 nitrogen and oxygen atoms in total. The van der Waals surface area contributed by atoms with Crippen molar-refractivity contribution in [3.63, 3.8) is 0 Å². The van der Waals surface area contributed by atoms with E-state index in [1.807, 2.05) is 26.1 Å². The van der Waals surface area contributed by atoms with Crippen LogP contribution >= 0.6 is 0 Å². The fraction of sp³-hybridized carbons (Fsp3) is 0.636. The minimum atomic E-state index is -0.812. The minimum absolute atomic E-state index is 0.174. The second-order valence-electron chi connectivity index (χ2n) is 4.43. The van der Waals surface area contributed by atoms with Gasteiger partial charge in [0.05, 0.1) is 11.7 Å². The molecular weight excluding hydrogens is 206 g/mol. The standard InChI is InChI=1S/C11H17N3O2/c1-7-5-6-14(13-7)8(2)10(11(15)16)12-9-3-4-9/h5-6,8-10,12H,3-4H2,1-2H3,(H,15,16). The van der Waals surface area contributed by atoms with Crippen molar-refractivity contribution in [3.05, 3.63) is 18.0 Å². The van der Waals surface area contributed by atoms with Gasteiger partial charge in [-0.05, 0) is 32.8 Å². The molecule has 2 N–H and O–H groups in total. The summed E-state index contributed by atoms with van der Waals surface area (Å²) >= 11 is 0. The first-order valence-corrected chi connectivity index (χ1v) is 5.58. The van der Waals surface area contributed by atoms with E-state index in [0.717, 1.165) is 18.5 Å². The van der Waals surface area contributed by atoms with Gasteiger partial charge in [-0.1, -0.05) is 0 Å². The first-order valence-electron chi connectivity index (χ1n) is 5.58. The Balaban J connectivity index is 2.09. The number of carboxylic acids is 1. The van der Waals surface area contributed by atoms with E-state index in [2.05, 4.69) is 10.4 Å². The average molecular weight is 223 g/mol. The molecule has 16 heavy (non-hydrogen) atoms. The zero-order valence-electron chi connectivity index (χ0n) is 9.55. The zero-order chi connectivity index (χ0) is 11.7. The molecule has 0 saturated heterocycles. The first kappa shape index (κ1) is 11.1. The summed E-state index contributed by atoms with van der Waals surface area (Å²) in [6, 6.07) is 1.52. The van der Waals surface area contributed by atoms with Crippen LogP contribution in [0.3, 0.4) is 0 Å². The summed E-state index contributed by atoms with van der Waals surface area (Å²) in [5, 5.41) is 16.6. The number of hydrogen-bond acceptors (Lipinski definition) is 3. The van der Waals surface area contributed by atoms with Gasteiger partial charge in [-0.3, -0.25) is 14.8 Å². The molecule has 1 aliphatic carbocycles. The first-order chi connectivity index (χ1) is 7.58. The zero-order valence-corrected chi connectivity index (χ0v) is 9.55. The number of aliphatic carboxylic acids is 1. The van der Waals surface area contributed by atoms with Crippen molar-refractivity contribution in [1.82, 2.24) is 15.1 Å².